The largest absolute Gasteiger partial charge is 0.329 e. The molecule has 1 unspecified atom stereocenters. The summed E-state index contributed by atoms with van der Waals surface area (Å²) in [7, 11) is 2.29. The van der Waals surface area contributed by atoms with Gasteiger partial charge in [0.2, 0.25) is 0 Å². The highest BCUT2D eigenvalue weighted by Gasteiger charge is 2.39. The molecule has 0 aromatic heterocycles. The van der Waals surface area contributed by atoms with Crippen LogP contribution < -0.4 is 5.73 Å². The Morgan fingerprint density at radius 1 is 1.29 bits per heavy atom. The van der Waals surface area contributed by atoms with Crippen molar-refractivity contribution in [2.45, 2.75) is 37.8 Å². The van der Waals surface area contributed by atoms with Crippen molar-refractivity contribution < 1.29 is 0 Å². The van der Waals surface area contributed by atoms with Crippen LogP contribution in [0.4, 0.5) is 0 Å². The number of hydrogen-bond acceptors (Lipinski definition) is 3. The summed E-state index contributed by atoms with van der Waals surface area (Å²) in [4.78, 5) is 5.16. The molecule has 1 heterocycles. The van der Waals surface area contributed by atoms with E-state index in [-0.39, 0.29) is 5.54 Å². The Labute approximate surface area is 129 Å². The van der Waals surface area contributed by atoms with Gasteiger partial charge >= 0.3 is 0 Å². The van der Waals surface area contributed by atoms with E-state index in [0.717, 1.165) is 25.6 Å². The minimum absolute atomic E-state index is 0.190. The second-order valence-corrected chi connectivity index (χ2v) is 7.05. The van der Waals surface area contributed by atoms with Crippen LogP contribution in [0.15, 0.2) is 30.3 Å². The predicted molar refractivity (Wildman–Crippen MR) is 88.1 cm³/mol. The van der Waals surface area contributed by atoms with E-state index in [1.54, 1.807) is 0 Å². The molecule has 2 fully saturated rings. The van der Waals surface area contributed by atoms with E-state index < -0.39 is 0 Å². The first-order valence-corrected chi connectivity index (χ1v) is 8.39. The Balaban J connectivity index is 1.64. The van der Waals surface area contributed by atoms with Gasteiger partial charge in [0, 0.05) is 31.7 Å². The lowest BCUT2D eigenvalue weighted by molar-refractivity contribution is 0.0277. The SMILES string of the molecule is CN(CC1CC1)C1(CN)CCCN(Cc2ccccc2)C1. The number of likely N-dealkylation sites (tertiary alicyclic amines) is 1. The summed E-state index contributed by atoms with van der Waals surface area (Å²) in [5.41, 5.74) is 7.82. The maximum Gasteiger partial charge on any atom is 0.0456 e. The summed E-state index contributed by atoms with van der Waals surface area (Å²) in [6.07, 6.45) is 5.34. The highest BCUT2D eigenvalue weighted by atomic mass is 15.3. The average molecular weight is 287 g/mol. The van der Waals surface area contributed by atoms with Gasteiger partial charge in [-0.3, -0.25) is 9.80 Å². The van der Waals surface area contributed by atoms with Gasteiger partial charge in [-0.05, 0) is 50.8 Å². The molecule has 1 saturated heterocycles. The fourth-order valence-electron chi connectivity index (χ4n) is 3.70. The molecule has 0 amide bonds. The van der Waals surface area contributed by atoms with Crippen molar-refractivity contribution in [2.75, 3.05) is 33.2 Å². The monoisotopic (exact) mass is 287 g/mol. The van der Waals surface area contributed by atoms with E-state index in [4.69, 9.17) is 5.73 Å². The molecule has 2 N–H and O–H groups in total. The number of likely N-dealkylation sites (N-methyl/N-ethyl adjacent to an activating group) is 1. The number of piperidine rings is 1. The van der Waals surface area contributed by atoms with Crippen molar-refractivity contribution in [3.8, 4) is 0 Å². The lowest BCUT2D eigenvalue weighted by Crippen LogP contribution is -2.61. The molecule has 0 spiro atoms. The van der Waals surface area contributed by atoms with Crippen LogP contribution in [0.1, 0.15) is 31.2 Å². The molecule has 1 aliphatic heterocycles. The van der Waals surface area contributed by atoms with E-state index in [1.807, 2.05) is 0 Å². The van der Waals surface area contributed by atoms with Gasteiger partial charge in [0.05, 0.1) is 0 Å². The van der Waals surface area contributed by atoms with Gasteiger partial charge in [-0.1, -0.05) is 30.3 Å². The molecule has 0 bridgehead atoms. The van der Waals surface area contributed by atoms with E-state index in [0.29, 0.717) is 0 Å². The molecule has 2 aliphatic rings. The van der Waals surface area contributed by atoms with E-state index in [1.165, 1.54) is 44.3 Å². The van der Waals surface area contributed by atoms with Gasteiger partial charge in [-0.15, -0.1) is 0 Å². The lowest BCUT2D eigenvalue weighted by atomic mass is 9.87. The number of benzene rings is 1. The zero-order valence-corrected chi connectivity index (χ0v) is 13.3. The number of rotatable bonds is 6. The van der Waals surface area contributed by atoms with Crippen LogP contribution in [-0.4, -0.2) is 48.6 Å². The van der Waals surface area contributed by atoms with Gasteiger partial charge in [0.25, 0.3) is 0 Å². The quantitative estimate of drug-likeness (QED) is 0.871. The van der Waals surface area contributed by atoms with Crippen LogP contribution >= 0.6 is 0 Å². The van der Waals surface area contributed by atoms with Crippen molar-refractivity contribution in [3.05, 3.63) is 35.9 Å². The molecular weight excluding hydrogens is 258 g/mol. The molecule has 3 rings (SSSR count). The molecule has 3 nitrogen and oxygen atoms in total. The maximum absolute atomic E-state index is 6.22. The van der Waals surface area contributed by atoms with Crippen LogP contribution in [0.2, 0.25) is 0 Å². The molecule has 1 aromatic rings. The smallest absolute Gasteiger partial charge is 0.0456 e. The zero-order valence-electron chi connectivity index (χ0n) is 13.3. The first-order valence-electron chi connectivity index (χ1n) is 8.39. The van der Waals surface area contributed by atoms with Crippen molar-refractivity contribution in [2.24, 2.45) is 11.7 Å². The van der Waals surface area contributed by atoms with Crippen LogP contribution in [-0.2, 0) is 6.54 Å². The third-order valence-electron chi connectivity index (χ3n) is 5.30. The molecule has 1 saturated carbocycles. The summed E-state index contributed by atoms with van der Waals surface area (Å²) < 4.78 is 0. The van der Waals surface area contributed by atoms with Crippen LogP contribution in [0.25, 0.3) is 0 Å². The van der Waals surface area contributed by atoms with E-state index >= 15 is 0 Å². The highest BCUT2D eigenvalue weighted by Crippen LogP contribution is 2.34. The van der Waals surface area contributed by atoms with Gasteiger partial charge in [-0.25, -0.2) is 0 Å². The van der Waals surface area contributed by atoms with Gasteiger partial charge in [0.15, 0.2) is 0 Å². The third kappa shape index (κ3) is 3.65. The third-order valence-corrected chi connectivity index (χ3v) is 5.30. The fourth-order valence-corrected chi connectivity index (χ4v) is 3.70. The Hall–Kier alpha value is -0.900. The second-order valence-electron chi connectivity index (χ2n) is 7.05. The van der Waals surface area contributed by atoms with Crippen LogP contribution in [0.5, 0.6) is 0 Å². The standard InChI is InChI=1S/C18H29N3/c1-20(12-17-8-9-17)18(14-19)10-5-11-21(15-18)13-16-6-3-2-4-7-16/h2-4,6-7,17H,5,8-15,19H2,1H3. The zero-order chi connectivity index (χ0) is 14.7. The summed E-state index contributed by atoms with van der Waals surface area (Å²) in [6.45, 7) is 5.38. The topological polar surface area (TPSA) is 32.5 Å². The Morgan fingerprint density at radius 3 is 2.71 bits per heavy atom. The van der Waals surface area contributed by atoms with Gasteiger partial charge in [0.1, 0.15) is 0 Å². The minimum Gasteiger partial charge on any atom is -0.329 e. The second kappa shape index (κ2) is 6.47. The summed E-state index contributed by atoms with van der Waals surface area (Å²) >= 11 is 0. The van der Waals surface area contributed by atoms with Crippen molar-refractivity contribution in [1.29, 1.82) is 0 Å². The molecule has 1 atom stereocenters. The highest BCUT2D eigenvalue weighted by molar-refractivity contribution is 5.15. The number of nitrogens with zero attached hydrogens (tertiary/aromatic N) is 2. The summed E-state index contributed by atoms with van der Waals surface area (Å²) in [5, 5.41) is 0. The van der Waals surface area contributed by atoms with E-state index in [2.05, 4.69) is 47.2 Å². The van der Waals surface area contributed by atoms with Crippen molar-refractivity contribution in [3.63, 3.8) is 0 Å². The van der Waals surface area contributed by atoms with Crippen molar-refractivity contribution >= 4 is 0 Å². The molecular formula is C18H29N3. The Kier molecular flexibility index (Phi) is 4.63. The van der Waals surface area contributed by atoms with Crippen LogP contribution in [0, 0.1) is 5.92 Å². The Morgan fingerprint density at radius 2 is 2.05 bits per heavy atom. The minimum atomic E-state index is 0.190. The molecule has 116 valence electrons. The predicted octanol–water partition coefficient (Wildman–Crippen LogP) is 2.32. The average Bonchev–Trinajstić information content (AvgIpc) is 3.32. The summed E-state index contributed by atoms with van der Waals surface area (Å²) in [5.74, 6) is 0.933. The van der Waals surface area contributed by atoms with Gasteiger partial charge < -0.3 is 5.73 Å². The fraction of sp³-hybridized carbons (Fsp3) is 0.667. The van der Waals surface area contributed by atoms with Crippen molar-refractivity contribution in [1.82, 2.24) is 9.80 Å². The Bertz CT molecular complexity index is 443. The molecule has 1 aromatic carbocycles. The lowest BCUT2D eigenvalue weighted by Gasteiger charge is -2.48. The van der Waals surface area contributed by atoms with E-state index in [9.17, 15) is 0 Å². The normalized spacial score (nSPS) is 27.2. The molecule has 1 aliphatic carbocycles. The molecule has 0 radical (unpaired) electrons. The number of nitrogens with two attached hydrogens (primary N) is 1. The summed E-state index contributed by atoms with van der Waals surface area (Å²) in [6, 6.07) is 10.8. The van der Waals surface area contributed by atoms with Gasteiger partial charge in [-0.2, -0.15) is 0 Å². The molecule has 21 heavy (non-hydrogen) atoms. The molecule has 3 heteroatoms. The first-order chi connectivity index (χ1) is 10.2. The maximum atomic E-state index is 6.22. The number of hydrogen-bond donors (Lipinski definition) is 1. The first kappa shape index (κ1) is 15.0. The van der Waals surface area contributed by atoms with Crippen LogP contribution in [0.3, 0.4) is 0 Å².